The maximum Gasteiger partial charge on any atom is 0.336 e. The summed E-state index contributed by atoms with van der Waals surface area (Å²) in [6, 6.07) is 12.5. The molecule has 1 aliphatic rings. The monoisotopic (exact) mass is 331 g/mol. The van der Waals surface area contributed by atoms with E-state index in [1.54, 1.807) is 11.0 Å². The molecular weight excluding hydrogens is 322 g/mol. The minimum atomic E-state index is -1.09. The van der Waals surface area contributed by atoms with Crippen molar-refractivity contribution in [3.8, 4) is 0 Å². The number of carbonyl (C=O) groups excluding carboxylic acids is 1. The molecule has 3 rings (SSSR count). The van der Waals surface area contributed by atoms with Crippen molar-refractivity contribution in [2.75, 3.05) is 4.90 Å². The third-order valence-corrected chi connectivity index (χ3v) is 3.73. The van der Waals surface area contributed by atoms with Gasteiger partial charge < -0.3 is 10.0 Å². The zero-order valence-corrected chi connectivity index (χ0v) is 11.9. The summed E-state index contributed by atoms with van der Waals surface area (Å²) in [5.41, 5.74) is 1.81. The van der Waals surface area contributed by atoms with Gasteiger partial charge in [0.05, 0.1) is 17.7 Å². The first-order valence-electron chi connectivity index (χ1n) is 6.00. The van der Waals surface area contributed by atoms with Gasteiger partial charge in [-0.1, -0.05) is 34.1 Å². The number of nitrogens with zero attached hydrogens (tertiary/aromatic N) is 1. The lowest BCUT2D eigenvalue weighted by atomic mass is 10.0. The van der Waals surface area contributed by atoms with Crippen LogP contribution in [0.5, 0.6) is 0 Å². The average molecular weight is 332 g/mol. The summed E-state index contributed by atoms with van der Waals surface area (Å²) in [5, 5.41) is 9.26. The van der Waals surface area contributed by atoms with Crippen molar-refractivity contribution in [1.82, 2.24) is 0 Å². The quantitative estimate of drug-likeness (QED) is 0.918. The second-order valence-electron chi connectivity index (χ2n) is 4.52. The highest BCUT2D eigenvalue weighted by Gasteiger charge is 2.33. The number of amides is 1. The molecule has 0 saturated carbocycles. The van der Waals surface area contributed by atoms with Crippen LogP contribution in [-0.2, 0) is 6.54 Å². The molecule has 20 heavy (non-hydrogen) atoms. The second kappa shape index (κ2) is 4.76. The Bertz CT molecular complexity index is 713. The van der Waals surface area contributed by atoms with Crippen molar-refractivity contribution in [2.24, 2.45) is 0 Å². The van der Waals surface area contributed by atoms with Crippen LogP contribution in [0.1, 0.15) is 26.3 Å². The van der Waals surface area contributed by atoms with Crippen molar-refractivity contribution < 1.29 is 14.7 Å². The van der Waals surface area contributed by atoms with E-state index in [9.17, 15) is 14.7 Å². The summed E-state index contributed by atoms with van der Waals surface area (Å²) in [5.74, 6) is -1.36. The molecule has 0 saturated heterocycles. The number of benzene rings is 2. The van der Waals surface area contributed by atoms with Gasteiger partial charge >= 0.3 is 5.97 Å². The average Bonchev–Trinajstić information content (AvgIpc) is 2.76. The number of rotatable bonds is 2. The fourth-order valence-electron chi connectivity index (χ4n) is 2.40. The highest BCUT2D eigenvalue weighted by Crippen LogP contribution is 2.32. The molecule has 0 aromatic heterocycles. The second-order valence-corrected chi connectivity index (χ2v) is 5.44. The summed E-state index contributed by atoms with van der Waals surface area (Å²) in [4.78, 5) is 25.4. The van der Waals surface area contributed by atoms with E-state index in [1.807, 2.05) is 30.3 Å². The first kappa shape index (κ1) is 12.9. The number of fused-ring (bicyclic) bond motifs is 1. The zero-order chi connectivity index (χ0) is 14.3. The number of hydrogen-bond acceptors (Lipinski definition) is 2. The van der Waals surface area contributed by atoms with E-state index in [0.29, 0.717) is 11.0 Å². The Labute approximate surface area is 123 Å². The lowest BCUT2D eigenvalue weighted by Crippen LogP contribution is -2.23. The number of carboxylic acids is 1. The highest BCUT2D eigenvalue weighted by atomic mass is 79.9. The summed E-state index contributed by atoms with van der Waals surface area (Å²) < 4.78 is 0.663. The van der Waals surface area contributed by atoms with Crippen molar-refractivity contribution in [2.45, 2.75) is 6.54 Å². The van der Waals surface area contributed by atoms with Crippen LogP contribution < -0.4 is 4.90 Å². The minimum Gasteiger partial charge on any atom is -0.478 e. The normalized spacial score (nSPS) is 13.4. The molecule has 1 aliphatic heterocycles. The van der Waals surface area contributed by atoms with Crippen LogP contribution in [0.4, 0.5) is 5.69 Å². The van der Waals surface area contributed by atoms with Crippen molar-refractivity contribution in [1.29, 1.82) is 0 Å². The topological polar surface area (TPSA) is 57.6 Å². The summed E-state index contributed by atoms with van der Waals surface area (Å²) in [6.45, 7) is 0.387. The molecule has 1 heterocycles. The van der Waals surface area contributed by atoms with Gasteiger partial charge in [0.25, 0.3) is 5.91 Å². The van der Waals surface area contributed by atoms with Gasteiger partial charge in [0.2, 0.25) is 0 Å². The predicted octanol–water partition coefficient (Wildman–Crippen LogP) is 3.31. The van der Waals surface area contributed by atoms with E-state index in [4.69, 9.17) is 0 Å². The van der Waals surface area contributed by atoms with Gasteiger partial charge in [-0.15, -0.1) is 0 Å². The van der Waals surface area contributed by atoms with Crippen LogP contribution in [0.15, 0.2) is 46.9 Å². The molecule has 100 valence electrons. The fraction of sp³-hybridized carbons (Fsp3) is 0.0667. The van der Waals surface area contributed by atoms with Crippen LogP contribution in [0, 0.1) is 0 Å². The first-order chi connectivity index (χ1) is 9.58. The number of hydrogen-bond donors (Lipinski definition) is 1. The van der Waals surface area contributed by atoms with Gasteiger partial charge in [0.1, 0.15) is 0 Å². The van der Waals surface area contributed by atoms with Gasteiger partial charge in [0.15, 0.2) is 0 Å². The Morgan fingerprint density at radius 2 is 1.90 bits per heavy atom. The van der Waals surface area contributed by atoms with Crippen LogP contribution in [0.25, 0.3) is 0 Å². The van der Waals surface area contributed by atoms with Crippen LogP contribution >= 0.6 is 15.9 Å². The highest BCUT2D eigenvalue weighted by molar-refractivity contribution is 9.10. The number of anilines is 1. The van der Waals surface area contributed by atoms with Crippen molar-refractivity contribution >= 4 is 33.5 Å². The molecule has 1 N–H and O–H groups in total. The third kappa shape index (κ3) is 2.00. The predicted molar refractivity (Wildman–Crippen MR) is 78.1 cm³/mol. The molecule has 0 fully saturated rings. The zero-order valence-electron chi connectivity index (χ0n) is 10.3. The molecule has 5 heteroatoms. The van der Waals surface area contributed by atoms with Crippen molar-refractivity contribution in [3.63, 3.8) is 0 Å². The SMILES string of the molecule is O=C(O)c1cc(Br)cc2c1C(=O)N(c1ccccc1)C2. The Hall–Kier alpha value is -2.14. The molecule has 0 spiro atoms. The Kier molecular flexibility index (Phi) is 3.06. The summed E-state index contributed by atoms with van der Waals surface area (Å²) in [6.07, 6.45) is 0. The third-order valence-electron chi connectivity index (χ3n) is 3.27. The van der Waals surface area contributed by atoms with Crippen LogP contribution in [0.3, 0.4) is 0 Å². The fourth-order valence-corrected chi connectivity index (χ4v) is 2.91. The molecule has 0 atom stereocenters. The van der Waals surface area contributed by atoms with Crippen LogP contribution in [0.2, 0.25) is 0 Å². The van der Waals surface area contributed by atoms with Gasteiger partial charge in [-0.2, -0.15) is 0 Å². The molecule has 2 aromatic rings. The van der Waals surface area contributed by atoms with E-state index in [0.717, 1.165) is 11.3 Å². The molecule has 0 radical (unpaired) electrons. The van der Waals surface area contributed by atoms with Gasteiger partial charge in [-0.25, -0.2) is 4.79 Å². The molecule has 0 unspecified atom stereocenters. The molecule has 2 aromatic carbocycles. The Morgan fingerprint density at radius 3 is 2.55 bits per heavy atom. The van der Waals surface area contributed by atoms with Crippen LogP contribution in [-0.4, -0.2) is 17.0 Å². The molecule has 1 amide bonds. The maximum atomic E-state index is 12.5. The summed E-state index contributed by atoms with van der Waals surface area (Å²) in [7, 11) is 0. The van der Waals surface area contributed by atoms with E-state index >= 15 is 0 Å². The maximum absolute atomic E-state index is 12.5. The van der Waals surface area contributed by atoms with E-state index in [2.05, 4.69) is 15.9 Å². The lowest BCUT2D eigenvalue weighted by Gasteiger charge is -2.15. The lowest BCUT2D eigenvalue weighted by molar-refractivity contribution is 0.0692. The summed E-state index contributed by atoms with van der Waals surface area (Å²) >= 11 is 3.29. The van der Waals surface area contributed by atoms with Gasteiger partial charge in [-0.05, 0) is 29.8 Å². The smallest absolute Gasteiger partial charge is 0.336 e. The van der Waals surface area contributed by atoms with E-state index in [1.165, 1.54) is 6.07 Å². The molecule has 0 bridgehead atoms. The molecule has 4 nitrogen and oxygen atoms in total. The molecule has 0 aliphatic carbocycles. The van der Waals surface area contributed by atoms with Gasteiger partial charge in [-0.3, -0.25) is 4.79 Å². The Balaban J connectivity index is 2.11. The minimum absolute atomic E-state index is 0.0396. The number of halogens is 1. The number of carbonyl (C=O) groups is 2. The number of aromatic carboxylic acids is 1. The number of para-hydroxylation sites is 1. The van der Waals surface area contributed by atoms with Crippen molar-refractivity contribution in [3.05, 3.63) is 63.6 Å². The first-order valence-corrected chi connectivity index (χ1v) is 6.80. The number of carboxylic acid groups (broad SMARTS) is 1. The standard InChI is InChI=1S/C15H10BrNO3/c16-10-6-9-8-17(11-4-2-1-3-5-11)14(18)13(9)12(7-10)15(19)20/h1-7H,8H2,(H,19,20). The van der Waals surface area contributed by atoms with Gasteiger partial charge in [0, 0.05) is 10.2 Å². The Morgan fingerprint density at radius 1 is 1.20 bits per heavy atom. The largest absolute Gasteiger partial charge is 0.478 e. The van der Waals surface area contributed by atoms with E-state index < -0.39 is 5.97 Å². The van der Waals surface area contributed by atoms with E-state index in [-0.39, 0.29) is 17.0 Å². The molecular formula is C15H10BrNO3.